The fourth-order valence-electron chi connectivity index (χ4n) is 1.91. The molecule has 1 heterocycles. The third-order valence-corrected chi connectivity index (χ3v) is 3.45. The molecule has 0 amide bonds. The van der Waals surface area contributed by atoms with Crippen LogP contribution in [0.2, 0.25) is 0 Å². The molecule has 3 rings (SSSR count). The van der Waals surface area contributed by atoms with Crippen molar-refractivity contribution in [2.45, 2.75) is 5.03 Å². The van der Waals surface area contributed by atoms with E-state index in [1.165, 1.54) is 0 Å². The molecule has 0 unspecified atom stereocenters. The molecule has 0 spiro atoms. The molecule has 0 aliphatic rings. The Hall–Kier alpha value is -1.87. The molecule has 0 aliphatic heterocycles. The Labute approximate surface area is 110 Å². The third kappa shape index (κ3) is 1.97. The van der Waals surface area contributed by atoms with E-state index >= 15 is 0 Å². The first-order valence-electron chi connectivity index (χ1n) is 5.74. The molecule has 3 aromatic rings. The molecular formula is C15H12N2S. The first-order valence-corrected chi connectivity index (χ1v) is 6.97. The summed E-state index contributed by atoms with van der Waals surface area (Å²) in [6.45, 7) is 0. The van der Waals surface area contributed by atoms with Crippen LogP contribution in [0.25, 0.3) is 22.3 Å². The molecule has 0 bridgehead atoms. The van der Waals surface area contributed by atoms with Gasteiger partial charge in [-0.15, -0.1) is 11.8 Å². The van der Waals surface area contributed by atoms with E-state index in [-0.39, 0.29) is 0 Å². The summed E-state index contributed by atoms with van der Waals surface area (Å²) >= 11 is 1.63. The standard InChI is InChI=1S/C15H12N2S/c1-18-15-14(11-7-3-2-4-8-11)16-12-9-5-6-10-13(12)17-15/h2-10H,1H3. The lowest BCUT2D eigenvalue weighted by molar-refractivity contribution is 1.13. The van der Waals surface area contributed by atoms with E-state index in [0.717, 1.165) is 27.3 Å². The van der Waals surface area contributed by atoms with Gasteiger partial charge in [-0.3, -0.25) is 0 Å². The second-order valence-electron chi connectivity index (χ2n) is 3.94. The Morgan fingerprint density at radius 1 is 0.778 bits per heavy atom. The number of hydrogen-bond acceptors (Lipinski definition) is 3. The minimum atomic E-state index is 0.939. The summed E-state index contributed by atoms with van der Waals surface area (Å²) in [6.07, 6.45) is 2.03. The van der Waals surface area contributed by atoms with E-state index in [1.807, 2.05) is 48.7 Å². The van der Waals surface area contributed by atoms with Crippen molar-refractivity contribution in [3.8, 4) is 11.3 Å². The SMILES string of the molecule is CSc1nc2ccccc2nc1-c1ccccc1. The Bertz CT molecular complexity index is 680. The smallest absolute Gasteiger partial charge is 0.123 e. The normalized spacial score (nSPS) is 10.7. The van der Waals surface area contributed by atoms with E-state index in [1.54, 1.807) is 11.8 Å². The molecule has 0 saturated heterocycles. The van der Waals surface area contributed by atoms with Crippen LogP contribution < -0.4 is 0 Å². The van der Waals surface area contributed by atoms with Crippen LogP contribution in [0, 0.1) is 0 Å². The predicted octanol–water partition coefficient (Wildman–Crippen LogP) is 4.02. The second-order valence-corrected chi connectivity index (χ2v) is 4.73. The van der Waals surface area contributed by atoms with Crippen LogP contribution in [0.4, 0.5) is 0 Å². The summed E-state index contributed by atoms with van der Waals surface area (Å²) in [5, 5.41) is 0.972. The van der Waals surface area contributed by atoms with Gasteiger partial charge in [-0.1, -0.05) is 42.5 Å². The first kappa shape index (κ1) is 11.2. The van der Waals surface area contributed by atoms with Crippen molar-refractivity contribution in [2.75, 3.05) is 6.26 Å². The zero-order chi connectivity index (χ0) is 12.4. The predicted molar refractivity (Wildman–Crippen MR) is 76.8 cm³/mol. The summed E-state index contributed by atoms with van der Waals surface area (Å²) in [7, 11) is 0. The molecule has 88 valence electrons. The molecule has 0 aliphatic carbocycles. The van der Waals surface area contributed by atoms with Crippen molar-refractivity contribution < 1.29 is 0 Å². The van der Waals surface area contributed by atoms with Gasteiger partial charge in [0.2, 0.25) is 0 Å². The number of nitrogens with zero attached hydrogens (tertiary/aromatic N) is 2. The topological polar surface area (TPSA) is 25.8 Å². The number of fused-ring (bicyclic) bond motifs is 1. The van der Waals surface area contributed by atoms with E-state index in [2.05, 4.69) is 17.1 Å². The summed E-state index contributed by atoms with van der Waals surface area (Å²) in [4.78, 5) is 9.40. The lowest BCUT2D eigenvalue weighted by Crippen LogP contribution is -1.93. The minimum absolute atomic E-state index is 0.939. The van der Waals surface area contributed by atoms with Gasteiger partial charge in [0.15, 0.2) is 0 Å². The lowest BCUT2D eigenvalue weighted by Gasteiger charge is -2.07. The Morgan fingerprint density at radius 2 is 1.39 bits per heavy atom. The van der Waals surface area contributed by atoms with Gasteiger partial charge in [-0.25, -0.2) is 9.97 Å². The quantitative estimate of drug-likeness (QED) is 0.644. The fraction of sp³-hybridized carbons (Fsp3) is 0.0667. The fourth-order valence-corrected chi connectivity index (χ4v) is 2.46. The van der Waals surface area contributed by atoms with Gasteiger partial charge in [-0.2, -0.15) is 0 Å². The maximum Gasteiger partial charge on any atom is 0.123 e. The molecule has 0 saturated carbocycles. The molecule has 1 aromatic heterocycles. The van der Waals surface area contributed by atoms with Crippen molar-refractivity contribution in [3.63, 3.8) is 0 Å². The molecule has 2 aromatic carbocycles. The van der Waals surface area contributed by atoms with Crippen LogP contribution in [0.1, 0.15) is 0 Å². The van der Waals surface area contributed by atoms with Gasteiger partial charge >= 0.3 is 0 Å². The van der Waals surface area contributed by atoms with Crippen LogP contribution in [0.15, 0.2) is 59.6 Å². The van der Waals surface area contributed by atoms with Gasteiger partial charge in [0.1, 0.15) is 10.7 Å². The van der Waals surface area contributed by atoms with Crippen molar-refractivity contribution in [2.24, 2.45) is 0 Å². The van der Waals surface area contributed by atoms with Gasteiger partial charge in [0.25, 0.3) is 0 Å². The minimum Gasteiger partial charge on any atom is -0.243 e. The maximum absolute atomic E-state index is 4.73. The van der Waals surface area contributed by atoms with E-state index in [4.69, 9.17) is 4.98 Å². The number of aromatic nitrogens is 2. The van der Waals surface area contributed by atoms with Crippen molar-refractivity contribution >= 4 is 22.8 Å². The molecule has 0 atom stereocenters. The van der Waals surface area contributed by atoms with E-state index in [0.29, 0.717) is 0 Å². The van der Waals surface area contributed by atoms with Crippen molar-refractivity contribution in [1.29, 1.82) is 0 Å². The number of hydrogen-bond donors (Lipinski definition) is 0. The number of para-hydroxylation sites is 2. The van der Waals surface area contributed by atoms with Gasteiger partial charge in [-0.05, 0) is 18.4 Å². The van der Waals surface area contributed by atoms with Crippen molar-refractivity contribution in [1.82, 2.24) is 9.97 Å². The molecule has 0 N–H and O–H groups in total. The molecule has 0 radical (unpaired) electrons. The van der Waals surface area contributed by atoms with Gasteiger partial charge in [0.05, 0.1) is 11.0 Å². The lowest BCUT2D eigenvalue weighted by atomic mass is 10.1. The average Bonchev–Trinajstić information content (AvgIpc) is 2.46. The molecule has 0 fully saturated rings. The van der Waals surface area contributed by atoms with Crippen LogP contribution in [0.3, 0.4) is 0 Å². The highest BCUT2D eigenvalue weighted by Gasteiger charge is 2.09. The van der Waals surface area contributed by atoms with Crippen LogP contribution >= 0.6 is 11.8 Å². The highest BCUT2D eigenvalue weighted by Crippen LogP contribution is 2.28. The number of thioether (sulfide) groups is 1. The van der Waals surface area contributed by atoms with E-state index < -0.39 is 0 Å². The van der Waals surface area contributed by atoms with Gasteiger partial charge in [0, 0.05) is 5.56 Å². The molecule has 3 heteroatoms. The van der Waals surface area contributed by atoms with E-state index in [9.17, 15) is 0 Å². The monoisotopic (exact) mass is 252 g/mol. The largest absolute Gasteiger partial charge is 0.243 e. The zero-order valence-electron chi connectivity index (χ0n) is 10.00. The van der Waals surface area contributed by atoms with Crippen LogP contribution in [-0.4, -0.2) is 16.2 Å². The maximum atomic E-state index is 4.73. The summed E-state index contributed by atoms with van der Waals surface area (Å²) < 4.78 is 0. The Balaban J connectivity index is 2.27. The Morgan fingerprint density at radius 3 is 2.06 bits per heavy atom. The first-order chi connectivity index (χ1) is 8.88. The van der Waals surface area contributed by atoms with Gasteiger partial charge < -0.3 is 0 Å². The third-order valence-electron chi connectivity index (χ3n) is 2.78. The molecule has 2 nitrogen and oxygen atoms in total. The Kier molecular flexibility index (Phi) is 2.99. The average molecular weight is 252 g/mol. The zero-order valence-corrected chi connectivity index (χ0v) is 10.8. The molecular weight excluding hydrogens is 240 g/mol. The summed E-state index contributed by atoms with van der Waals surface area (Å²) in [5.41, 5.74) is 3.96. The number of rotatable bonds is 2. The highest BCUT2D eigenvalue weighted by atomic mass is 32.2. The van der Waals surface area contributed by atoms with Crippen LogP contribution in [0.5, 0.6) is 0 Å². The highest BCUT2D eigenvalue weighted by molar-refractivity contribution is 7.98. The summed E-state index contributed by atoms with van der Waals surface area (Å²) in [6, 6.07) is 18.2. The van der Waals surface area contributed by atoms with Crippen LogP contribution in [-0.2, 0) is 0 Å². The van der Waals surface area contributed by atoms with Crippen molar-refractivity contribution in [3.05, 3.63) is 54.6 Å². The number of benzene rings is 2. The summed E-state index contributed by atoms with van der Waals surface area (Å²) in [5.74, 6) is 0. The second kappa shape index (κ2) is 4.78. The molecule has 18 heavy (non-hydrogen) atoms.